The standard InChI is InChI=1S/C16H23N3O2S/c1-4-19-13(9-12(18-19)8-11(2)3)16(21)17-10-14(20)15-6-5-7-22-15/h5-7,9,11,14,20H,4,8,10H2,1-3H3,(H,17,21)/t14-/m1/s1. The van der Waals surface area contributed by atoms with Gasteiger partial charge in [0.25, 0.3) is 5.91 Å². The van der Waals surface area contributed by atoms with Crippen LogP contribution in [-0.4, -0.2) is 27.3 Å². The summed E-state index contributed by atoms with van der Waals surface area (Å²) in [5.41, 5.74) is 1.48. The van der Waals surface area contributed by atoms with Crippen molar-refractivity contribution in [2.75, 3.05) is 6.54 Å². The minimum Gasteiger partial charge on any atom is -0.386 e. The van der Waals surface area contributed by atoms with Gasteiger partial charge < -0.3 is 10.4 Å². The molecule has 22 heavy (non-hydrogen) atoms. The number of nitrogens with zero attached hydrogens (tertiary/aromatic N) is 2. The Hall–Kier alpha value is -1.66. The first-order valence-electron chi connectivity index (χ1n) is 7.57. The van der Waals surface area contributed by atoms with E-state index in [1.165, 1.54) is 11.3 Å². The van der Waals surface area contributed by atoms with Crippen LogP contribution in [0.3, 0.4) is 0 Å². The van der Waals surface area contributed by atoms with Gasteiger partial charge >= 0.3 is 0 Å². The zero-order valence-electron chi connectivity index (χ0n) is 13.2. The van der Waals surface area contributed by atoms with Crippen LogP contribution >= 0.6 is 11.3 Å². The number of amides is 1. The first kappa shape index (κ1) is 16.7. The number of hydrogen-bond donors (Lipinski definition) is 2. The topological polar surface area (TPSA) is 67.2 Å². The second kappa shape index (κ2) is 7.56. The molecule has 2 heterocycles. The molecule has 0 aromatic carbocycles. The summed E-state index contributed by atoms with van der Waals surface area (Å²) in [7, 11) is 0. The van der Waals surface area contributed by atoms with Gasteiger partial charge in [0.1, 0.15) is 11.8 Å². The fourth-order valence-electron chi connectivity index (χ4n) is 2.27. The molecule has 2 N–H and O–H groups in total. The fourth-order valence-corrected chi connectivity index (χ4v) is 2.99. The number of carbonyl (C=O) groups excluding carboxylic acids is 1. The number of aliphatic hydroxyl groups is 1. The minimum absolute atomic E-state index is 0.194. The van der Waals surface area contributed by atoms with Crippen molar-refractivity contribution in [1.29, 1.82) is 0 Å². The monoisotopic (exact) mass is 321 g/mol. The van der Waals surface area contributed by atoms with Crippen molar-refractivity contribution >= 4 is 17.2 Å². The molecule has 0 aliphatic heterocycles. The number of nitrogens with one attached hydrogen (secondary N) is 1. The van der Waals surface area contributed by atoms with Gasteiger partial charge in [0.05, 0.1) is 5.69 Å². The molecular weight excluding hydrogens is 298 g/mol. The van der Waals surface area contributed by atoms with Gasteiger partial charge in [-0.15, -0.1) is 11.3 Å². The van der Waals surface area contributed by atoms with Crippen LogP contribution in [0.4, 0.5) is 0 Å². The highest BCUT2D eigenvalue weighted by atomic mass is 32.1. The number of carbonyl (C=O) groups is 1. The predicted molar refractivity (Wildman–Crippen MR) is 88.1 cm³/mol. The number of aromatic nitrogens is 2. The molecule has 0 bridgehead atoms. The van der Waals surface area contributed by atoms with Gasteiger partial charge in [-0.05, 0) is 36.8 Å². The molecular formula is C16H23N3O2S. The second-order valence-corrected chi connectivity index (χ2v) is 6.66. The summed E-state index contributed by atoms with van der Waals surface area (Å²) in [6.45, 7) is 7.07. The lowest BCUT2D eigenvalue weighted by Crippen LogP contribution is -2.30. The normalized spacial score (nSPS) is 12.6. The molecule has 1 amide bonds. The van der Waals surface area contributed by atoms with Crippen LogP contribution in [0.1, 0.15) is 47.9 Å². The highest BCUT2D eigenvalue weighted by Gasteiger charge is 2.17. The fraction of sp³-hybridized carbons (Fsp3) is 0.500. The van der Waals surface area contributed by atoms with Crippen LogP contribution in [0.25, 0.3) is 0 Å². The molecule has 2 rings (SSSR count). The Labute approximate surface area is 135 Å². The molecule has 0 saturated heterocycles. The van der Waals surface area contributed by atoms with E-state index in [1.54, 1.807) is 4.68 Å². The van der Waals surface area contributed by atoms with E-state index in [-0.39, 0.29) is 12.5 Å². The summed E-state index contributed by atoms with van der Waals surface area (Å²) < 4.78 is 1.71. The number of aryl methyl sites for hydroxylation is 1. The zero-order valence-corrected chi connectivity index (χ0v) is 14.1. The van der Waals surface area contributed by atoms with Crippen LogP contribution in [0.5, 0.6) is 0 Å². The van der Waals surface area contributed by atoms with E-state index < -0.39 is 6.10 Å². The summed E-state index contributed by atoms with van der Waals surface area (Å²) in [4.78, 5) is 13.2. The van der Waals surface area contributed by atoms with E-state index in [1.807, 2.05) is 30.5 Å². The third-order valence-electron chi connectivity index (χ3n) is 3.31. The number of rotatable bonds is 7. The van der Waals surface area contributed by atoms with Crippen LogP contribution in [0.15, 0.2) is 23.6 Å². The Bertz CT molecular complexity index is 605. The van der Waals surface area contributed by atoms with Crippen molar-refractivity contribution in [3.8, 4) is 0 Å². The van der Waals surface area contributed by atoms with Crippen LogP contribution < -0.4 is 5.32 Å². The van der Waals surface area contributed by atoms with Crippen molar-refractivity contribution in [3.63, 3.8) is 0 Å². The molecule has 120 valence electrons. The molecule has 6 heteroatoms. The average Bonchev–Trinajstić information content (AvgIpc) is 3.12. The summed E-state index contributed by atoms with van der Waals surface area (Å²) in [6.07, 6.45) is 0.183. The van der Waals surface area contributed by atoms with Crippen molar-refractivity contribution < 1.29 is 9.90 Å². The maximum Gasteiger partial charge on any atom is 0.269 e. The van der Waals surface area contributed by atoms with E-state index >= 15 is 0 Å². The van der Waals surface area contributed by atoms with Gasteiger partial charge in [-0.2, -0.15) is 5.10 Å². The summed E-state index contributed by atoms with van der Waals surface area (Å²) in [5.74, 6) is 0.303. The van der Waals surface area contributed by atoms with Gasteiger partial charge in [0, 0.05) is 18.0 Å². The lowest BCUT2D eigenvalue weighted by molar-refractivity contribution is 0.0907. The van der Waals surface area contributed by atoms with E-state index in [0.717, 1.165) is 17.0 Å². The summed E-state index contributed by atoms with van der Waals surface area (Å²) >= 11 is 1.48. The van der Waals surface area contributed by atoms with Crippen LogP contribution in [0, 0.1) is 5.92 Å². The highest BCUT2D eigenvalue weighted by Crippen LogP contribution is 2.18. The molecule has 0 unspecified atom stereocenters. The molecule has 0 fully saturated rings. The second-order valence-electron chi connectivity index (χ2n) is 5.68. The Morgan fingerprint density at radius 3 is 2.86 bits per heavy atom. The average molecular weight is 321 g/mol. The SMILES string of the molecule is CCn1nc(CC(C)C)cc1C(=O)NC[C@@H](O)c1cccs1. The third kappa shape index (κ3) is 4.18. The van der Waals surface area contributed by atoms with Crippen molar-refractivity contribution in [2.24, 2.45) is 5.92 Å². The first-order valence-corrected chi connectivity index (χ1v) is 8.45. The molecule has 1 atom stereocenters. The Morgan fingerprint density at radius 1 is 1.50 bits per heavy atom. The maximum absolute atomic E-state index is 12.3. The van der Waals surface area contributed by atoms with Gasteiger partial charge in [0.2, 0.25) is 0 Å². The molecule has 0 spiro atoms. The van der Waals surface area contributed by atoms with Gasteiger partial charge in [0.15, 0.2) is 0 Å². The van der Waals surface area contributed by atoms with E-state index in [4.69, 9.17) is 0 Å². The molecule has 2 aromatic heterocycles. The van der Waals surface area contributed by atoms with Crippen molar-refractivity contribution in [3.05, 3.63) is 39.8 Å². The summed E-state index contributed by atoms with van der Waals surface area (Å²) in [6, 6.07) is 5.59. The lowest BCUT2D eigenvalue weighted by Gasteiger charge is -2.10. The Balaban J connectivity index is 2.01. The van der Waals surface area contributed by atoms with Gasteiger partial charge in [-0.3, -0.25) is 9.48 Å². The maximum atomic E-state index is 12.3. The number of hydrogen-bond acceptors (Lipinski definition) is 4. The molecule has 0 aliphatic rings. The smallest absolute Gasteiger partial charge is 0.269 e. The largest absolute Gasteiger partial charge is 0.386 e. The first-order chi connectivity index (χ1) is 10.5. The lowest BCUT2D eigenvalue weighted by atomic mass is 10.1. The Morgan fingerprint density at radius 2 is 2.27 bits per heavy atom. The quantitative estimate of drug-likeness (QED) is 0.824. The molecule has 0 saturated carbocycles. The summed E-state index contributed by atoms with van der Waals surface area (Å²) in [5, 5.41) is 19.2. The van der Waals surface area contributed by atoms with Crippen molar-refractivity contribution in [2.45, 2.75) is 39.8 Å². The highest BCUT2D eigenvalue weighted by molar-refractivity contribution is 7.10. The zero-order chi connectivity index (χ0) is 16.1. The molecule has 0 aliphatic carbocycles. The third-order valence-corrected chi connectivity index (χ3v) is 4.28. The number of aliphatic hydroxyl groups excluding tert-OH is 1. The van der Waals surface area contributed by atoms with Gasteiger partial charge in [-0.1, -0.05) is 19.9 Å². The number of thiophene rings is 1. The minimum atomic E-state index is -0.669. The molecule has 0 radical (unpaired) electrons. The van der Waals surface area contributed by atoms with Crippen LogP contribution in [-0.2, 0) is 13.0 Å². The Kier molecular flexibility index (Phi) is 5.74. The molecule has 5 nitrogen and oxygen atoms in total. The van der Waals surface area contributed by atoms with Gasteiger partial charge in [-0.25, -0.2) is 0 Å². The van der Waals surface area contributed by atoms with E-state index in [0.29, 0.717) is 18.2 Å². The molecule has 2 aromatic rings. The van der Waals surface area contributed by atoms with Crippen molar-refractivity contribution in [1.82, 2.24) is 15.1 Å². The van der Waals surface area contributed by atoms with E-state index in [9.17, 15) is 9.90 Å². The predicted octanol–water partition coefficient (Wildman–Crippen LogP) is 2.63. The van der Waals surface area contributed by atoms with Crippen LogP contribution in [0.2, 0.25) is 0 Å². The van der Waals surface area contributed by atoms with E-state index in [2.05, 4.69) is 24.3 Å².